The Labute approximate surface area is 275 Å². The normalized spacial score (nSPS) is 14.9. The van der Waals surface area contributed by atoms with Crippen LogP contribution in [0, 0.1) is 11.3 Å². The van der Waals surface area contributed by atoms with Crippen LogP contribution in [0.25, 0.3) is 28.1 Å². The number of para-hydroxylation sites is 1. The lowest BCUT2D eigenvalue weighted by Gasteiger charge is -2.28. The highest BCUT2D eigenvalue weighted by Crippen LogP contribution is 2.43. The minimum Gasteiger partial charge on any atom is -0.497 e. The molecule has 1 fully saturated rings. The average Bonchev–Trinajstić information content (AvgIpc) is 3.99. The van der Waals surface area contributed by atoms with E-state index >= 15 is 0 Å². The van der Waals surface area contributed by atoms with Crippen molar-refractivity contribution < 1.29 is 4.74 Å². The molecular formula is C43H35N3O. The van der Waals surface area contributed by atoms with Crippen LogP contribution in [-0.4, -0.2) is 12.8 Å². The molecule has 6 aromatic rings. The van der Waals surface area contributed by atoms with E-state index in [2.05, 4.69) is 132 Å². The largest absolute Gasteiger partial charge is 0.497 e. The Balaban J connectivity index is 1.24. The van der Waals surface area contributed by atoms with Gasteiger partial charge in [-0.25, -0.2) is 0 Å². The standard InChI is InChI=1S/C43H35N3O/c1-47-36-25-26-38-33(27-36)28-39(30-19-20-30)45-43(38)41(31-12-4-2-5-13-31)42(44)32-21-23-35(24-22-32)46(34-15-6-3-7-16-34)40-18-10-14-29-11-8-9-17-37(29)40/h2-18,21-28,30,44-45H,19-20H2,1H3/b43-41-,44-42?. The second-order valence-corrected chi connectivity index (χ2v) is 12.2. The van der Waals surface area contributed by atoms with Gasteiger partial charge in [-0.15, -0.1) is 0 Å². The minimum absolute atomic E-state index is 0.473. The number of rotatable bonds is 8. The highest BCUT2D eigenvalue weighted by Gasteiger charge is 2.31. The fraction of sp³-hybridized carbons (Fsp3) is 0.0930. The molecule has 1 aliphatic carbocycles. The van der Waals surface area contributed by atoms with Crippen LogP contribution in [0.15, 0.2) is 151 Å². The zero-order valence-corrected chi connectivity index (χ0v) is 26.3. The van der Waals surface area contributed by atoms with E-state index in [0.29, 0.717) is 11.6 Å². The predicted molar refractivity (Wildman–Crippen MR) is 196 cm³/mol. The summed E-state index contributed by atoms with van der Waals surface area (Å²) in [6, 6.07) is 50.4. The van der Waals surface area contributed by atoms with Crippen LogP contribution in [0.4, 0.5) is 17.1 Å². The molecule has 0 spiro atoms. The van der Waals surface area contributed by atoms with Crippen molar-refractivity contribution in [2.24, 2.45) is 5.92 Å². The van der Waals surface area contributed by atoms with E-state index in [9.17, 15) is 5.41 Å². The van der Waals surface area contributed by atoms with Crippen LogP contribution in [-0.2, 0) is 0 Å². The van der Waals surface area contributed by atoms with Gasteiger partial charge in [0.2, 0.25) is 0 Å². The topological polar surface area (TPSA) is 48.4 Å². The number of hydrogen-bond acceptors (Lipinski definition) is 4. The Hall–Kier alpha value is -5.87. The Morgan fingerprint density at radius 2 is 1.38 bits per heavy atom. The van der Waals surface area contributed by atoms with Crippen molar-refractivity contribution in [1.82, 2.24) is 5.32 Å². The molecule has 2 N–H and O–H groups in total. The van der Waals surface area contributed by atoms with E-state index in [0.717, 1.165) is 56.3 Å². The number of anilines is 3. The predicted octanol–water partition coefficient (Wildman–Crippen LogP) is 10.6. The molecule has 0 atom stereocenters. The molecule has 1 saturated carbocycles. The molecule has 0 aromatic heterocycles. The lowest BCUT2D eigenvalue weighted by Crippen LogP contribution is -2.22. The molecule has 0 unspecified atom stereocenters. The molecule has 8 rings (SSSR count). The Bertz CT molecular complexity index is 2160. The maximum absolute atomic E-state index is 9.73. The monoisotopic (exact) mass is 609 g/mol. The van der Waals surface area contributed by atoms with Crippen LogP contribution in [0.1, 0.15) is 35.1 Å². The first kappa shape index (κ1) is 28.6. The molecule has 1 aliphatic heterocycles. The maximum Gasteiger partial charge on any atom is 0.119 e. The molecule has 0 radical (unpaired) electrons. The van der Waals surface area contributed by atoms with E-state index in [-0.39, 0.29) is 0 Å². The Kier molecular flexibility index (Phi) is 7.39. The first-order chi connectivity index (χ1) is 23.2. The summed E-state index contributed by atoms with van der Waals surface area (Å²) in [5.41, 5.74) is 10.8. The average molecular weight is 610 g/mol. The fourth-order valence-electron chi connectivity index (χ4n) is 6.59. The summed E-state index contributed by atoms with van der Waals surface area (Å²) in [5.74, 6) is 1.35. The summed E-state index contributed by atoms with van der Waals surface area (Å²) in [6.07, 6.45) is 4.62. The molecule has 4 heteroatoms. The van der Waals surface area contributed by atoms with E-state index in [4.69, 9.17) is 4.74 Å². The van der Waals surface area contributed by atoms with Crippen molar-refractivity contribution >= 4 is 50.9 Å². The summed E-state index contributed by atoms with van der Waals surface area (Å²) in [4.78, 5) is 2.30. The summed E-state index contributed by atoms with van der Waals surface area (Å²) >= 11 is 0. The van der Waals surface area contributed by atoms with Crippen LogP contribution < -0.4 is 15.0 Å². The smallest absolute Gasteiger partial charge is 0.119 e. The van der Waals surface area contributed by atoms with Crippen LogP contribution in [0.2, 0.25) is 0 Å². The quantitative estimate of drug-likeness (QED) is 0.169. The third kappa shape index (κ3) is 5.49. The van der Waals surface area contributed by atoms with Crippen LogP contribution in [0.5, 0.6) is 5.75 Å². The summed E-state index contributed by atoms with van der Waals surface area (Å²) in [7, 11) is 1.71. The fourth-order valence-corrected chi connectivity index (χ4v) is 6.59. The molecule has 6 aromatic carbocycles. The lowest BCUT2D eigenvalue weighted by molar-refractivity contribution is 0.414. The number of nitrogens with one attached hydrogen (secondary N) is 2. The number of hydrogen-bond donors (Lipinski definition) is 2. The van der Waals surface area contributed by atoms with E-state index in [1.807, 2.05) is 30.3 Å². The van der Waals surface area contributed by atoms with E-state index in [1.54, 1.807) is 7.11 Å². The molecule has 0 saturated heterocycles. The van der Waals surface area contributed by atoms with Gasteiger partial charge in [0.15, 0.2) is 0 Å². The van der Waals surface area contributed by atoms with E-state index in [1.165, 1.54) is 29.3 Å². The first-order valence-electron chi connectivity index (χ1n) is 16.2. The van der Waals surface area contributed by atoms with Crippen molar-refractivity contribution in [3.8, 4) is 5.75 Å². The number of fused-ring (bicyclic) bond motifs is 2. The molecule has 1 heterocycles. The molecule has 2 aliphatic rings. The van der Waals surface area contributed by atoms with Crippen molar-refractivity contribution in [2.45, 2.75) is 12.8 Å². The lowest BCUT2D eigenvalue weighted by atomic mass is 9.88. The second-order valence-electron chi connectivity index (χ2n) is 12.2. The van der Waals surface area contributed by atoms with Gasteiger partial charge in [-0.1, -0.05) is 97.1 Å². The summed E-state index contributed by atoms with van der Waals surface area (Å²) in [6.45, 7) is 0. The van der Waals surface area contributed by atoms with Crippen LogP contribution in [0.3, 0.4) is 0 Å². The van der Waals surface area contributed by atoms with Gasteiger partial charge in [0.1, 0.15) is 5.75 Å². The molecule has 4 nitrogen and oxygen atoms in total. The SMILES string of the molecule is COc1ccc2c(c1)C=C(C1CC1)N/C2=C(\C(=N)c1ccc(N(c2ccccc2)c2cccc3ccccc23)cc1)c1ccccc1. The first-order valence-corrected chi connectivity index (χ1v) is 16.2. The van der Waals surface area contributed by atoms with Gasteiger partial charge in [0.05, 0.1) is 24.2 Å². The number of allylic oxidation sites excluding steroid dienone is 2. The second kappa shape index (κ2) is 12.1. The number of methoxy groups -OCH3 is 1. The summed E-state index contributed by atoms with van der Waals surface area (Å²) in [5, 5.41) is 15.9. The molecular weight excluding hydrogens is 574 g/mol. The van der Waals surface area contributed by atoms with Gasteiger partial charge in [0.25, 0.3) is 0 Å². The van der Waals surface area contributed by atoms with Gasteiger partial charge >= 0.3 is 0 Å². The van der Waals surface area contributed by atoms with Gasteiger partial charge in [0, 0.05) is 39.2 Å². The zero-order valence-electron chi connectivity index (χ0n) is 26.3. The number of nitrogens with zero attached hydrogens (tertiary/aromatic N) is 1. The molecule has 228 valence electrons. The highest BCUT2D eigenvalue weighted by atomic mass is 16.5. The van der Waals surface area contributed by atoms with Gasteiger partial charge < -0.3 is 15.0 Å². The zero-order chi connectivity index (χ0) is 31.7. The Morgan fingerprint density at radius 3 is 2.13 bits per heavy atom. The summed E-state index contributed by atoms with van der Waals surface area (Å²) < 4.78 is 5.59. The van der Waals surface area contributed by atoms with Crippen molar-refractivity contribution in [3.63, 3.8) is 0 Å². The third-order valence-electron chi connectivity index (χ3n) is 9.12. The Morgan fingerprint density at radius 1 is 0.702 bits per heavy atom. The van der Waals surface area contributed by atoms with Gasteiger partial charge in [-0.05, 0) is 89.9 Å². The van der Waals surface area contributed by atoms with Crippen molar-refractivity contribution in [2.75, 3.05) is 12.0 Å². The number of ether oxygens (including phenoxy) is 1. The third-order valence-corrected chi connectivity index (χ3v) is 9.12. The maximum atomic E-state index is 9.73. The molecule has 47 heavy (non-hydrogen) atoms. The minimum atomic E-state index is 0.473. The molecule has 0 amide bonds. The van der Waals surface area contributed by atoms with Crippen LogP contribution >= 0.6 is 0 Å². The van der Waals surface area contributed by atoms with E-state index < -0.39 is 0 Å². The highest BCUT2D eigenvalue weighted by molar-refractivity contribution is 6.36. The molecule has 0 bridgehead atoms. The van der Waals surface area contributed by atoms with Crippen molar-refractivity contribution in [1.29, 1.82) is 5.41 Å². The van der Waals surface area contributed by atoms with Gasteiger partial charge in [-0.2, -0.15) is 0 Å². The van der Waals surface area contributed by atoms with Gasteiger partial charge in [-0.3, -0.25) is 5.41 Å². The van der Waals surface area contributed by atoms with Crippen molar-refractivity contribution in [3.05, 3.63) is 174 Å². The number of benzene rings is 6.